The first-order chi connectivity index (χ1) is 10.0. The molecule has 21 heavy (non-hydrogen) atoms. The van der Waals surface area contributed by atoms with Gasteiger partial charge in [-0.25, -0.2) is 8.78 Å². The molecule has 5 heteroatoms. The largest absolute Gasteiger partial charge is 0.395 e. The number of aliphatic hydroxyl groups excluding tert-OH is 2. The molecule has 0 aliphatic heterocycles. The molecule has 2 rings (SSSR count). The van der Waals surface area contributed by atoms with Gasteiger partial charge in [0.25, 0.3) is 0 Å². The summed E-state index contributed by atoms with van der Waals surface area (Å²) in [4.78, 5) is 0. The fourth-order valence-corrected chi connectivity index (χ4v) is 2.70. The predicted octanol–water partition coefficient (Wildman–Crippen LogP) is 3.19. The van der Waals surface area contributed by atoms with Gasteiger partial charge in [-0.1, -0.05) is 34.1 Å². The lowest BCUT2D eigenvalue weighted by molar-refractivity contribution is 0.115. The lowest BCUT2D eigenvalue weighted by Crippen LogP contribution is -2.38. The van der Waals surface area contributed by atoms with E-state index in [1.165, 1.54) is 18.2 Å². The summed E-state index contributed by atoms with van der Waals surface area (Å²) in [6, 6.07) is 10.6. The smallest absolute Gasteiger partial charge is 0.129 e. The van der Waals surface area contributed by atoms with Crippen LogP contribution < -0.4 is 0 Å². The maximum Gasteiger partial charge on any atom is 0.129 e. The Labute approximate surface area is 130 Å². The molecular formula is C16H15BrF2O2. The van der Waals surface area contributed by atoms with Crippen LogP contribution in [-0.4, -0.2) is 23.4 Å². The highest BCUT2D eigenvalue weighted by molar-refractivity contribution is 9.10. The molecule has 0 atom stereocenters. The maximum absolute atomic E-state index is 13.8. The normalized spacial score (nSPS) is 11.7. The minimum absolute atomic E-state index is 0.130. The monoisotopic (exact) mass is 356 g/mol. The van der Waals surface area contributed by atoms with Gasteiger partial charge in [0.1, 0.15) is 11.6 Å². The third kappa shape index (κ3) is 3.31. The van der Waals surface area contributed by atoms with Crippen LogP contribution in [0.5, 0.6) is 0 Å². The molecular weight excluding hydrogens is 342 g/mol. The molecule has 0 aliphatic rings. The third-order valence-electron chi connectivity index (χ3n) is 3.62. The first-order valence-electron chi connectivity index (χ1n) is 6.43. The van der Waals surface area contributed by atoms with E-state index in [9.17, 15) is 19.0 Å². The zero-order valence-electron chi connectivity index (χ0n) is 11.2. The van der Waals surface area contributed by atoms with E-state index < -0.39 is 30.3 Å². The average molecular weight is 357 g/mol. The molecule has 2 aromatic carbocycles. The van der Waals surface area contributed by atoms with Crippen molar-refractivity contribution in [1.82, 2.24) is 0 Å². The van der Waals surface area contributed by atoms with Gasteiger partial charge in [0.15, 0.2) is 0 Å². The minimum Gasteiger partial charge on any atom is -0.395 e. The third-order valence-corrected chi connectivity index (χ3v) is 4.11. The summed E-state index contributed by atoms with van der Waals surface area (Å²) in [6.07, 6.45) is -0.130. The lowest BCUT2D eigenvalue weighted by Gasteiger charge is -2.31. The number of benzene rings is 2. The zero-order chi connectivity index (χ0) is 15.5. The number of hydrogen-bond acceptors (Lipinski definition) is 2. The molecule has 112 valence electrons. The Kier molecular flexibility index (Phi) is 5.08. The van der Waals surface area contributed by atoms with Gasteiger partial charge < -0.3 is 10.2 Å². The van der Waals surface area contributed by atoms with E-state index in [0.29, 0.717) is 5.56 Å². The Morgan fingerprint density at radius 3 is 2.05 bits per heavy atom. The second-order valence-corrected chi connectivity index (χ2v) is 5.90. The fourth-order valence-electron chi connectivity index (χ4n) is 2.30. The molecule has 0 heterocycles. The molecule has 0 aromatic heterocycles. The van der Waals surface area contributed by atoms with Gasteiger partial charge in [-0.2, -0.15) is 0 Å². The van der Waals surface area contributed by atoms with Crippen LogP contribution in [-0.2, 0) is 11.8 Å². The quantitative estimate of drug-likeness (QED) is 0.863. The summed E-state index contributed by atoms with van der Waals surface area (Å²) in [5.41, 5.74) is -0.669. The van der Waals surface area contributed by atoms with Crippen molar-refractivity contribution in [3.63, 3.8) is 0 Å². The molecule has 0 aliphatic carbocycles. The van der Waals surface area contributed by atoms with Gasteiger partial charge in [-0.05, 0) is 36.2 Å². The topological polar surface area (TPSA) is 40.5 Å². The van der Waals surface area contributed by atoms with Crippen LogP contribution in [0.15, 0.2) is 46.9 Å². The van der Waals surface area contributed by atoms with Crippen LogP contribution in [0.1, 0.15) is 11.1 Å². The zero-order valence-corrected chi connectivity index (χ0v) is 12.8. The lowest BCUT2D eigenvalue weighted by atomic mass is 9.76. The SMILES string of the molecule is OCC(CO)(Cc1c(F)cccc1F)c1cccc(Br)c1. The van der Waals surface area contributed by atoms with Gasteiger partial charge in [-0.15, -0.1) is 0 Å². The van der Waals surface area contributed by atoms with E-state index >= 15 is 0 Å². The van der Waals surface area contributed by atoms with Crippen molar-refractivity contribution in [2.45, 2.75) is 11.8 Å². The molecule has 0 saturated heterocycles. The highest BCUT2D eigenvalue weighted by atomic mass is 79.9. The first kappa shape index (κ1) is 16.1. The van der Waals surface area contributed by atoms with E-state index in [0.717, 1.165) is 4.47 Å². The highest BCUT2D eigenvalue weighted by Gasteiger charge is 2.33. The summed E-state index contributed by atoms with van der Waals surface area (Å²) >= 11 is 3.32. The van der Waals surface area contributed by atoms with Crippen molar-refractivity contribution >= 4 is 15.9 Å². The van der Waals surface area contributed by atoms with Gasteiger partial charge >= 0.3 is 0 Å². The Bertz CT molecular complexity index is 607. The Hall–Kier alpha value is -1.30. The van der Waals surface area contributed by atoms with Gasteiger partial charge in [0.2, 0.25) is 0 Å². The Morgan fingerprint density at radius 2 is 1.52 bits per heavy atom. The molecule has 0 radical (unpaired) electrons. The Balaban J connectivity index is 2.48. The van der Waals surface area contributed by atoms with E-state index in [1.54, 1.807) is 24.3 Å². The van der Waals surface area contributed by atoms with Crippen LogP contribution in [0.2, 0.25) is 0 Å². The minimum atomic E-state index is -1.15. The summed E-state index contributed by atoms with van der Waals surface area (Å²) in [6.45, 7) is -0.846. The van der Waals surface area contributed by atoms with Crippen LogP contribution in [0.25, 0.3) is 0 Å². The van der Waals surface area contributed by atoms with Gasteiger partial charge in [0.05, 0.1) is 13.2 Å². The van der Waals surface area contributed by atoms with E-state index in [2.05, 4.69) is 15.9 Å². The summed E-state index contributed by atoms with van der Waals surface area (Å²) in [7, 11) is 0. The fraction of sp³-hybridized carbons (Fsp3) is 0.250. The molecule has 0 saturated carbocycles. The predicted molar refractivity (Wildman–Crippen MR) is 80.1 cm³/mol. The maximum atomic E-state index is 13.8. The number of halogens is 3. The molecule has 0 amide bonds. The van der Waals surface area contributed by atoms with Crippen molar-refractivity contribution in [3.8, 4) is 0 Å². The molecule has 0 unspecified atom stereocenters. The number of hydrogen-bond donors (Lipinski definition) is 2. The Morgan fingerprint density at radius 1 is 0.952 bits per heavy atom. The van der Waals surface area contributed by atoms with Gasteiger partial charge in [-0.3, -0.25) is 0 Å². The molecule has 0 fully saturated rings. The molecule has 2 N–H and O–H groups in total. The summed E-state index contributed by atoms with van der Waals surface area (Å²) < 4.78 is 28.4. The van der Waals surface area contributed by atoms with Crippen molar-refractivity contribution in [2.75, 3.05) is 13.2 Å². The van der Waals surface area contributed by atoms with E-state index in [4.69, 9.17) is 0 Å². The summed E-state index contributed by atoms with van der Waals surface area (Å²) in [5.74, 6) is -1.37. The second-order valence-electron chi connectivity index (χ2n) is 4.98. The average Bonchev–Trinajstić information content (AvgIpc) is 2.48. The summed E-state index contributed by atoms with van der Waals surface area (Å²) in [5, 5.41) is 19.5. The number of aliphatic hydroxyl groups is 2. The van der Waals surface area contributed by atoms with E-state index in [1.807, 2.05) is 0 Å². The molecule has 2 nitrogen and oxygen atoms in total. The molecule has 0 bridgehead atoms. The highest BCUT2D eigenvalue weighted by Crippen LogP contribution is 2.31. The second kappa shape index (κ2) is 6.64. The first-order valence-corrected chi connectivity index (χ1v) is 7.22. The van der Waals surface area contributed by atoms with Crippen LogP contribution in [0.4, 0.5) is 8.78 Å². The van der Waals surface area contributed by atoms with Crippen molar-refractivity contribution in [1.29, 1.82) is 0 Å². The van der Waals surface area contributed by atoms with Crippen molar-refractivity contribution in [3.05, 3.63) is 69.7 Å². The molecule has 0 spiro atoms. The van der Waals surface area contributed by atoms with Crippen LogP contribution >= 0.6 is 15.9 Å². The van der Waals surface area contributed by atoms with Crippen LogP contribution in [0, 0.1) is 11.6 Å². The standard InChI is InChI=1S/C16H15BrF2O2/c17-12-4-1-3-11(7-12)16(9-20,10-21)8-13-14(18)5-2-6-15(13)19/h1-7,20-21H,8-10H2. The molecule has 2 aromatic rings. The number of rotatable bonds is 5. The van der Waals surface area contributed by atoms with Crippen molar-refractivity contribution < 1.29 is 19.0 Å². The van der Waals surface area contributed by atoms with Gasteiger partial charge in [0, 0.05) is 15.5 Å². The van der Waals surface area contributed by atoms with E-state index in [-0.39, 0.29) is 12.0 Å². The van der Waals surface area contributed by atoms with Crippen molar-refractivity contribution in [2.24, 2.45) is 0 Å². The van der Waals surface area contributed by atoms with Crippen LogP contribution in [0.3, 0.4) is 0 Å².